The van der Waals surface area contributed by atoms with Crippen LogP contribution in [0.25, 0.3) is 0 Å². The highest BCUT2D eigenvalue weighted by Gasteiger charge is 2.31. The van der Waals surface area contributed by atoms with Crippen LogP contribution in [0.4, 0.5) is 18.9 Å². The molecule has 0 unspecified atom stereocenters. The van der Waals surface area contributed by atoms with Crippen molar-refractivity contribution >= 4 is 11.6 Å². The number of aromatic amines is 1. The lowest BCUT2D eigenvalue weighted by Gasteiger charge is -2.08. The molecule has 2 N–H and O–H groups in total. The topological polar surface area (TPSA) is 79.8 Å². The van der Waals surface area contributed by atoms with Gasteiger partial charge in [-0.05, 0) is 6.07 Å². The molecule has 0 saturated heterocycles. The van der Waals surface area contributed by atoms with Gasteiger partial charge >= 0.3 is 6.18 Å². The number of hydrogen-bond donors (Lipinski definition) is 2. The van der Waals surface area contributed by atoms with E-state index in [1.165, 1.54) is 17.1 Å². The van der Waals surface area contributed by atoms with Crippen molar-refractivity contribution in [2.45, 2.75) is 6.18 Å². The molecular weight excluding hydrogens is 277 g/mol. The molecule has 2 aromatic rings. The van der Waals surface area contributed by atoms with E-state index in [1.54, 1.807) is 7.05 Å². The molecule has 0 aliphatic rings. The second-order valence-corrected chi connectivity index (χ2v) is 3.99. The van der Waals surface area contributed by atoms with Crippen molar-refractivity contribution in [2.75, 3.05) is 5.32 Å². The molecule has 0 fully saturated rings. The molecule has 0 radical (unpaired) electrons. The SMILES string of the molecule is Cn1cc(C(=O)Nc2cc(C(F)(F)F)c[nH]c2=O)cn1. The second kappa shape index (κ2) is 4.83. The predicted octanol–water partition coefficient (Wildman–Crippen LogP) is 1.38. The van der Waals surface area contributed by atoms with Gasteiger partial charge in [0.15, 0.2) is 0 Å². The van der Waals surface area contributed by atoms with Crippen molar-refractivity contribution in [3.8, 4) is 0 Å². The van der Waals surface area contributed by atoms with E-state index in [-0.39, 0.29) is 5.56 Å². The fourth-order valence-electron chi connectivity index (χ4n) is 1.47. The number of nitrogens with one attached hydrogen (secondary N) is 2. The van der Waals surface area contributed by atoms with Crippen LogP contribution in [-0.4, -0.2) is 20.7 Å². The lowest BCUT2D eigenvalue weighted by Crippen LogP contribution is -2.21. The third-order valence-corrected chi connectivity index (χ3v) is 2.45. The molecule has 0 aromatic carbocycles. The Balaban J connectivity index is 2.29. The Morgan fingerprint density at radius 2 is 2.15 bits per heavy atom. The number of pyridine rings is 1. The molecule has 0 saturated carbocycles. The van der Waals surface area contributed by atoms with Crippen LogP contribution in [-0.2, 0) is 13.2 Å². The van der Waals surface area contributed by atoms with Gasteiger partial charge in [-0.3, -0.25) is 14.3 Å². The second-order valence-electron chi connectivity index (χ2n) is 3.99. The zero-order chi connectivity index (χ0) is 14.9. The van der Waals surface area contributed by atoms with E-state index in [1.807, 2.05) is 4.98 Å². The number of amides is 1. The lowest BCUT2D eigenvalue weighted by atomic mass is 10.2. The Morgan fingerprint density at radius 1 is 1.45 bits per heavy atom. The number of aryl methyl sites for hydroxylation is 1. The van der Waals surface area contributed by atoms with Crippen molar-refractivity contribution < 1.29 is 18.0 Å². The van der Waals surface area contributed by atoms with Crippen LogP contribution in [0.3, 0.4) is 0 Å². The average molecular weight is 286 g/mol. The number of hydrogen-bond acceptors (Lipinski definition) is 3. The van der Waals surface area contributed by atoms with Crippen molar-refractivity contribution in [1.29, 1.82) is 0 Å². The van der Waals surface area contributed by atoms with E-state index in [4.69, 9.17) is 0 Å². The number of aromatic nitrogens is 3. The van der Waals surface area contributed by atoms with E-state index >= 15 is 0 Å². The van der Waals surface area contributed by atoms with E-state index in [0.717, 1.165) is 0 Å². The van der Waals surface area contributed by atoms with E-state index in [9.17, 15) is 22.8 Å². The number of anilines is 1. The fourth-order valence-corrected chi connectivity index (χ4v) is 1.47. The number of alkyl halides is 3. The van der Waals surface area contributed by atoms with Crippen molar-refractivity contribution in [1.82, 2.24) is 14.8 Å². The largest absolute Gasteiger partial charge is 0.417 e. The summed E-state index contributed by atoms with van der Waals surface area (Å²) in [5, 5.41) is 5.86. The van der Waals surface area contributed by atoms with Crippen LogP contribution in [0.15, 0.2) is 29.5 Å². The fraction of sp³-hybridized carbons (Fsp3) is 0.182. The number of halogens is 3. The van der Waals surface area contributed by atoms with Gasteiger partial charge in [-0.25, -0.2) is 0 Å². The van der Waals surface area contributed by atoms with Gasteiger partial charge in [0, 0.05) is 19.4 Å². The molecule has 6 nitrogen and oxygen atoms in total. The highest BCUT2D eigenvalue weighted by molar-refractivity contribution is 6.03. The lowest BCUT2D eigenvalue weighted by molar-refractivity contribution is -0.137. The average Bonchev–Trinajstić information content (AvgIpc) is 2.77. The van der Waals surface area contributed by atoms with Crippen molar-refractivity contribution in [2.24, 2.45) is 7.05 Å². The highest BCUT2D eigenvalue weighted by atomic mass is 19.4. The summed E-state index contributed by atoms with van der Waals surface area (Å²) in [6.07, 6.45) is -1.46. The van der Waals surface area contributed by atoms with Gasteiger partial charge in [0.05, 0.1) is 17.3 Å². The van der Waals surface area contributed by atoms with Crippen LogP contribution in [0.1, 0.15) is 15.9 Å². The van der Waals surface area contributed by atoms with Crippen LogP contribution in [0, 0.1) is 0 Å². The van der Waals surface area contributed by atoms with Crippen LogP contribution < -0.4 is 10.9 Å². The van der Waals surface area contributed by atoms with Gasteiger partial charge in [-0.15, -0.1) is 0 Å². The molecule has 2 heterocycles. The summed E-state index contributed by atoms with van der Waals surface area (Å²) >= 11 is 0. The van der Waals surface area contributed by atoms with Crippen LogP contribution in [0.2, 0.25) is 0 Å². The molecule has 106 valence electrons. The summed E-state index contributed by atoms with van der Waals surface area (Å²) in [4.78, 5) is 25.1. The van der Waals surface area contributed by atoms with Crippen LogP contribution in [0.5, 0.6) is 0 Å². The minimum atomic E-state index is -4.61. The first-order valence-electron chi connectivity index (χ1n) is 5.37. The standard InChI is InChI=1S/C11H9F3N4O2/c1-18-5-6(3-16-18)9(19)17-8-2-7(11(12,13)14)4-15-10(8)20/h2-5H,1H3,(H,15,20)(H,17,19). The van der Waals surface area contributed by atoms with Crippen molar-refractivity contribution in [3.63, 3.8) is 0 Å². The normalized spacial score (nSPS) is 11.4. The van der Waals surface area contributed by atoms with E-state index in [2.05, 4.69) is 10.4 Å². The van der Waals surface area contributed by atoms with Gasteiger partial charge < -0.3 is 10.3 Å². The molecule has 0 bridgehead atoms. The third kappa shape index (κ3) is 2.87. The Hall–Kier alpha value is -2.58. The minimum Gasteiger partial charge on any atom is -0.327 e. The Bertz CT molecular complexity index is 702. The first kappa shape index (κ1) is 13.8. The molecule has 2 rings (SSSR count). The molecule has 1 amide bonds. The summed E-state index contributed by atoms with van der Waals surface area (Å²) in [7, 11) is 1.58. The van der Waals surface area contributed by atoms with Gasteiger partial charge in [0.2, 0.25) is 0 Å². The number of rotatable bonds is 2. The summed E-state index contributed by atoms with van der Waals surface area (Å²) in [5.41, 5.74) is -2.23. The molecule has 2 aromatic heterocycles. The number of H-pyrrole nitrogens is 1. The van der Waals surface area contributed by atoms with E-state index < -0.39 is 28.9 Å². The Kier molecular flexibility index (Phi) is 3.35. The first-order chi connectivity index (χ1) is 9.27. The molecule has 0 spiro atoms. The molecule has 9 heteroatoms. The maximum absolute atomic E-state index is 12.5. The maximum atomic E-state index is 12.5. The Morgan fingerprint density at radius 3 is 2.70 bits per heavy atom. The highest BCUT2D eigenvalue weighted by Crippen LogP contribution is 2.29. The van der Waals surface area contributed by atoms with Gasteiger partial charge in [-0.1, -0.05) is 0 Å². The molecule has 0 aliphatic carbocycles. The molecule has 0 aliphatic heterocycles. The number of carbonyl (C=O) groups is 1. The van der Waals surface area contributed by atoms with Crippen LogP contribution >= 0.6 is 0 Å². The van der Waals surface area contributed by atoms with Gasteiger partial charge in [-0.2, -0.15) is 18.3 Å². The monoisotopic (exact) mass is 286 g/mol. The summed E-state index contributed by atoms with van der Waals surface area (Å²) < 4.78 is 38.9. The van der Waals surface area contributed by atoms with E-state index in [0.29, 0.717) is 12.3 Å². The maximum Gasteiger partial charge on any atom is 0.417 e. The van der Waals surface area contributed by atoms with Gasteiger partial charge in [0.1, 0.15) is 5.69 Å². The third-order valence-electron chi connectivity index (χ3n) is 2.45. The quantitative estimate of drug-likeness (QED) is 0.875. The minimum absolute atomic E-state index is 0.129. The molecular formula is C11H9F3N4O2. The number of nitrogens with zero attached hydrogens (tertiary/aromatic N) is 2. The predicted molar refractivity (Wildman–Crippen MR) is 63.2 cm³/mol. The first-order valence-corrected chi connectivity index (χ1v) is 5.37. The zero-order valence-electron chi connectivity index (χ0n) is 10.2. The number of carbonyl (C=O) groups excluding carboxylic acids is 1. The molecule has 20 heavy (non-hydrogen) atoms. The zero-order valence-corrected chi connectivity index (χ0v) is 10.2. The summed E-state index contributed by atoms with van der Waals surface area (Å²) in [6, 6.07) is 0.576. The summed E-state index contributed by atoms with van der Waals surface area (Å²) in [6.45, 7) is 0. The summed E-state index contributed by atoms with van der Waals surface area (Å²) in [5.74, 6) is -0.720. The van der Waals surface area contributed by atoms with Crippen molar-refractivity contribution in [3.05, 3.63) is 46.1 Å². The molecule has 0 atom stereocenters. The van der Waals surface area contributed by atoms with Gasteiger partial charge in [0.25, 0.3) is 11.5 Å². The Labute approximate surface area is 110 Å². The smallest absolute Gasteiger partial charge is 0.327 e.